The molecule has 0 aromatic rings. The second kappa shape index (κ2) is 7.82. The third-order valence-corrected chi connectivity index (χ3v) is 4.86. The molecule has 2 fully saturated rings. The number of carbonyl (C=O) groups is 1. The van der Waals surface area contributed by atoms with Crippen molar-refractivity contribution in [3.63, 3.8) is 0 Å². The van der Waals surface area contributed by atoms with Gasteiger partial charge in [0.15, 0.2) is 0 Å². The van der Waals surface area contributed by atoms with E-state index in [0.717, 1.165) is 44.1 Å². The van der Waals surface area contributed by atoms with Crippen molar-refractivity contribution >= 4 is 5.97 Å². The highest BCUT2D eigenvalue weighted by molar-refractivity contribution is 5.66. The van der Waals surface area contributed by atoms with Crippen molar-refractivity contribution in [1.29, 1.82) is 0 Å². The summed E-state index contributed by atoms with van der Waals surface area (Å²) in [4.78, 5) is 10.4. The van der Waals surface area contributed by atoms with Crippen LogP contribution in [0.15, 0.2) is 12.2 Å². The fourth-order valence-corrected chi connectivity index (χ4v) is 3.94. The van der Waals surface area contributed by atoms with Gasteiger partial charge in [0.1, 0.15) is 0 Å². The van der Waals surface area contributed by atoms with Gasteiger partial charge in [-0.05, 0) is 62.7 Å². The second-order valence-corrected chi connectivity index (χ2v) is 6.33. The van der Waals surface area contributed by atoms with Gasteiger partial charge in [-0.1, -0.05) is 19.1 Å². The first-order chi connectivity index (χ1) is 9.72. The Morgan fingerprint density at radius 1 is 1.30 bits per heavy atom. The zero-order valence-corrected chi connectivity index (χ0v) is 12.6. The number of hydrogen-bond acceptors (Lipinski definition) is 2. The Morgan fingerprint density at radius 3 is 2.85 bits per heavy atom. The van der Waals surface area contributed by atoms with Crippen LogP contribution in [0.5, 0.6) is 0 Å². The normalized spacial score (nSPS) is 32.2. The highest BCUT2D eigenvalue weighted by Crippen LogP contribution is 2.51. The van der Waals surface area contributed by atoms with Crippen LogP contribution in [0.4, 0.5) is 0 Å². The summed E-state index contributed by atoms with van der Waals surface area (Å²) in [6, 6.07) is 0. The van der Waals surface area contributed by atoms with Crippen LogP contribution in [0.2, 0.25) is 0 Å². The van der Waals surface area contributed by atoms with Crippen LogP contribution in [-0.4, -0.2) is 23.8 Å². The molecule has 3 heteroatoms. The summed E-state index contributed by atoms with van der Waals surface area (Å²) in [7, 11) is 0. The summed E-state index contributed by atoms with van der Waals surface area (Å²) in [6.45, 7) is 3.07. The zero-order valence-electron chi connectivity index (χ0n) is 12.6. The first-order valence-electron chi connectivity index (χ1n) is 8.20. The van der Waals surface area contributed by atoms with Gasteiger partial charge in [-0.2, -0.15) is 0 Å². The number of allylic oxidation sites excluding steroid dienone is 2. The molecular formula is C17H28O3. The zero-order chi connectivity index (χ0) is 14.4. The first kappa shape index (κ1) is 15.6. The number of rotatable bonds is 9. The van der Waals surface area contributed by atoms with Crippen molar-refractivity contribution in [3.05, 3.63) is 12.2 Å². The van der Waals surface area contributed by atoms with E-state index in [9.17, 15) is 4.79 Å². The first-order valence-corrected chi connectivity index (χ1v) is 8.20. The van der Waals surface area contributed by atoms with Gasteiger partial charge < -0.3 is 9.84 Å². The molecule has 0 aliphatic heterocycles. The molecule has 0 amide bonds. The number of hydrogen-bond donors (Lipinski definition) is 1. The van der Waals surface area contributed by atoms with Gasteiger partial charge in [0.05, 0.1) is 6.10 Å². The van der Waals surface area contributed by atoms with Crippen molar-refractivity contribution in [1.82, 2.24) is 0 Å². The molecule has 20 heavy (non-hydrogen) atoms. The van der Waals surface area contributed by atoms with Gasteiger partial charge in [-0.25, -0.2) is 0 Å². The smallest absolute Gasteiger partial charge is 0.303 e. The van der Waals surface area contributed by atoms with E-state index in [0.29, 0.717) is 12.0 Å². The van der Waals surface area contributed by atoms with E-state index in [1.165, 1.54) is 19.3 Å². The number of carboxylic acid groups (broad SMARTS) is 1. The maximum absolute atomic E-state index is 10.4. The van der Waals surface area contributed by atoms with Gasteiger partial charge in [-0.15, -0.1) is 0 Å². The van der Waals surface area contributed by atoms with Gasteiger partial charge in [0.25, 0.3) is 0 Å². The molecule has 114 valence electrons. The van der Waals surface area contributed by atoms with Crippen LogP contribution in [0.1, 0.15) is 58.3 Å². The Hall–Kier alpha value is -0.830. The summed E-state index contributed by atoms with van der Waals surface area (Å²) in [5.41, 5.74) is 0. The number of aliphatic carboxylic acids is 1. The Morgan fingerprint density at radius 2 is 2.10 bits per heavy atom. The molecule has 2 aliphatic rings. The minimum Gasteiger partial charge on any atom is -0.481 e. The van der Waals surface area contributed by atoms with E-state index in [1.807, 2.05) is 0 Å². The highest BCUT2D eigenvalue weighted by Gasteiger charge is 2.47. The molecule has 2 aliphatic carbocycles. The lowest BCUT2D eigenvalue weighted by molar-refractivity contribution is -0.137. The molecule has 1 N–H and O–H groups in total. The topological polar surface area (TPSA) is 46.5 Å². The molecule has 0 heterocycles. The summed E-state index contributed by atoms with van der Waals surface area (Å²) in [5, 5.41) is 8.59. The maximum atomic E-state index is 10.4. The predicted octanol–water partition coefficient (Wildman–Crippen LogP) is 4.03. The Balaban J connectivity index is 1.72. The highest BCUT2D eigenvalue weighted by atomic mass is 16.5. The summed E-state index contributed by atoms with van der Waals surface area (Å²) in [6.07, 6.45) is 13.1. The molecule has 0 unspecified atom stereocenters. The fourth-order valence-electron chi connectivity index (χ4n) is 3.94. The molecule has 3 nitrogen and oxygen atoms in total. The molecule has 2 saturated carbocycles. The molecule has 4 atom stereocenters. The van der Waals surface area contributed by atoms with Crippen molar-refractivity contribution in [2.75, 3.05) is 6.61 Å². The molecule has 0 aromatic heterocycles. The van der Waals surface area contributed by atoms with E-state index in [2.05, 4.69) is 19.1 Å². The van der Waals surface area contributed by atoms with E-state index < -0.39 is 5.97 Å². The van der Waals surface area contributed by atoms with E-state index in [1.54, 1.807) is 0 Å². The number of ether oxygens (including phenoxy) is 1. The average Bonchev–Trinajstić information content (AvgIpc) is 3.01. The number of unbranched alkanes of at least 4 members (excludes halogenated alkanes) is 1. The van der Waals surface area contributed by atoms with Crippen LogP contribution in [0.3, 0.4) is 0 Å². The van der Waals surface area contributed by atoms with Crippen molar-refractivity contribution < 1.29 is 14.6 Å². The minimum absolute atomic E-state index is 0.278. The van der Waals surface area contributed by atoms with Crippen molar-refractivity contribution in [2.45, 2.75) is 64.4 Å². The van der Waals surface area contributed by atoms with Gasteiger partial charge >= 0.3 is 5.97 Å². The minimum atomic E-state index is -0.695. The molecule has 2 rings (SSSR count). The van der Waals surface area contributed by atoms with Crippen LogP contribution >= 0.6 is 0 Å². The molecule has 0 radical (unpaired) electrons. The van der Waals surface area contributed by atoms with Crippen LogP contribution in [0, 0.1) is 17.8 Å². The summed E-state index contributed by atoms with van der Waals surface area (Å²) >= 11 is 0. The molecule has 2 bridgehead atoms. The summed E-state index contributed by atoms with van der Waals surface area (Å²) in [5.74, 6) is 1.68. The predicted molar refractivity (Wildman–Crippen MR) is 79.6 cm³/mol. The quantitative estimate of drug-likeness (QED) is 0.512. The number of fused-ring (bicyclic) bond motifs is 2. The largest absolute Gasteiger partial charge is 0.481 e. The Kier molecular flexibility index (Phi) is 6.08. The van der Waals surface area contributed by atoms with Crippen LogP contribution < -0.4 is 0 Å². The number of carboxylic acids is 1. The van der Waals surface area contributed by atoms with E-state index >= 15 is 0 Å². The van der Waals surface area contributed by atoms with Gasteiger partial charge in [-0.3, -0.25) is 4.79 Å². The molecule has 0 saturated heterocycles. The van der Waals surface area contributed by atoms with Crippen molar-refractivity contribution in [2.24, 2.45) is 17.8 Å². The van der Waals surface area contributed by atoms with Crippen LogP contribution in [-0.2, 0) is 9.53 Å². The standard InChI is InChI=1S/C17H28O3/c1-2-11-20-17-14-10-9-13(12-14)15(17)7-5-3-4-6-8-16(18)19/h3,5,13-15,17H,2,4,6-12H2,1H3,(H,18,19)/t13-,14+,15-,17-/m1/s1. The van der Waals surface area contributed by atoms with Crippen molar-refractivity contribution in [3.8, 4) is 0 Å². The maximum Gasteiger partial charge on any atom is 0.303 e. The van der Waals surface area contributed by atoms with E-state index in [4.69, 9.17) is 9.84 Å². The SMILES string of the molecule is CCCO[C@@H]1[C@H]2CC[C@H](C2)[C@H]1CC=CCCCC(=O)O. The third kappa shape index (κ3) is 4.08. The van der Waals surface area contributed by atoms with Crippen LogP contribution in [0.25, 0.3) is 0 Å². The molecule has 0 aromatic carbocycles. The fraction of sp³-hybridized carbons (Fsp3) is 0.824. The van der Waals surface area contributed by atoms with E-state index in [-0.39, 0.29) is 6.42 Å². The molecule has 0 spiro atoms. The van der Waals surface area contributed by atoms with Gasteiger partial charge in [0, 0.05) is 13.0 Å². The Labute approximate surface area is 122 Å². The second-order valence-electron chi connectivity index (χ2n) is 6.33. The third-order valence-electron chi connectivity index (χ3n) is 4.86. The lowest BCUT2D eigenvalue weighted by Gasteiger charge is -2.30. The lowest BCUT2D eigenvalue weighted by Crippen LogP contribution is -2.30. The molecular weight excluding hydrogens is 252 g/mol. The summed E-state index contributed by atoms with van der Waals surface area (Å²) < 4.78 is 6.10. The van der Waals surface area contributed by atoms with Gasteiger partial charge in [0.2, 0.25) is 0 Å². The Bertz CT molecular complexity index is 337. The monoisotopic (exact) mass is 280 g/mol. The lowest BCUT2D eigenvalue weighted by atomic mass is 9.84. The average molecular weight is 280 g/mol.